The number of carbonyl (C=O) groups is 1. The summed E-state index contributed by atoms with van der Waals surface area (Å²) in [5, 5.41) is 8.97. The van der Waals surface area contributed by atoms with E-state index >= 15 is 0 Å². The molecule has 24 heavy (non-hydrogen) atoms. The standard InChI is InChI=1S/C17H22N4O2S/c1-12-3-4-14(15(11-12)23-2)20-16(22)19-13-5-8-21(9-6-13)17-18-7-10-24-17/h3-4,7,10-11,13H,5-6,8-9H2,1-2H3,(H2,19,20,22). The van der Waals surface area contributed by atoms with Crippen LogP contribution in [0.3, 0.4) is 0 Å². The van der Waals surface area contributed by atoms with Crippen LogP contribution in [0.5, 0.6) is 5.75 Å². The summed E-state index contributed by atoms with van der Waals surface area (Å²) in [5.41, 5.74) is 1.77. The average molecular weight is 346 g/mol. The van der Waals surface area contributed by atoms with E-state index in [1.54, 1.807) is 18.4 Å². The Bertz CT molecular complexity index is 682. The summed E-state index contributed by atoms with van der Waals surface area (Å²) in [6.45, 7) is 3.81. The van der Waals surface area contributed by atoms with Crippen LogP contribution in [0, 0.1) is 6.92 Å². The summed E-state index contributed by atoms with van der Waals surface area (Å²) in [6, 6.07) is 5.70. The summed E-state index contributed by atoms with van der Waals surface area (Å²) >= 11 is 1.65. The number of carbonyl (C=O) groups excluding carboxylic acids is 1. The third-order valence-corrected chi connectivity index (χ3v) is 4.96. The molecule has 128 valence electrons. The summed E-state index contributed by atoms with van der Waals surface area (Å²) in [5.74, 6) is 0.670. The van der Waals surface area contributed by atoms with Crippen molar-refractivity contribution >= 4 is 28.2 Å². The van der Waals surface area contributed by atoms with Crippen molar-refractivity contribution in [3.05, 3.63) is 35.3 Å². The molecule has 2 amide bonds. The van der Waals surface area contributed by atoms with Gasteiger partial charge in [-0.2, -0.15) is 0 Å². The molecule has 1 aliphatic rings. The quantitative estimate of drug-likeness (QED) is 0.892. The van der Waals surface area contributed by atoms with Crippen molar-refractivity contribution in [3.63, 3.8) is 0 Å². The zero-order valence-electron chi connectivity index (χ0n) is 13.9. The molecule has 2 heterocycles. The molecule has 3 rings (SSSR count). The predicted octanol–water partition coefficient (Wildman–Crippen LogP) is 3.25. The van der Waals surface area contributed by atoms with Crippen LogP contribution in [0.1, 0.15) is 18.4 Å². The van der Waals surface area contributed by atoms with Gasteiger partial charge >= 0.3 is 6.03 Å². The normalized spacial score (nSPS) is 15.2. The lowest BCUT2D eigenvalue weighted by Crippen LogP contribution is -2.46. The lowest BCUT2D eigenvalue weighted by atomic mass is 10.1. The van der Waals surface area contributed by atoms with E-state index in [1.807, 2.05) is 36.7 Å². The number of ether oxygens (including phenoxy) is 1. The Balaban J connectivity index is 1.51. The molecule has 7 heteroatoms. The predicted molar refractivity (Wildman–Crippen MR) is 97.2 cm³/mol. The number of methoxy groups -OCH3 is 1. The van der Waals surface area contributed by atoms with Gasteiger partial charge < -0.3 is 20.3 Å². The first kappa shape index (κ1) is 16.6. The number of amides is 2. The molecule has 1 fully saturated rings. The number of benzene rings is 1. The largest absolute Gasteiger partial charge is 0.495 e. The van der Waals surface area contributed by atoms with Crippen LogP contribution in [-0.2, 0) is 0 Å². The van der Waals surface area contributed by atoms with Gasteiger partial charge in [0.25, 0.3) is 0 Å². The van der Waals surface area contributed by atoms with Gasteiger partial charge in [-0.3, -0.25) is 0 Å². The Labute approximate surface area is 145 Å². The monoisotopic (exact) mass is 346 g/mol. The van der Waals surface area contributed by atoms with E-state index in [4.69, 9.17) is 4.74 Å². The summed E-state index contributed by atoms with van der Waals surface area (Å²) in [7, 11) is 1.60. The molecular weight excluding hydrogens is 324 g/mol. The van der Waals surface area contributed by atoms with E-state index < -0.39 is 0 Å². The molecule has 0 bridgehead atoms. The van der Waals surface area contributed by atoms with Crippen LogP contribution < -0.4 is 20.3 Å². The van der Waals surface area contributed by atoms with Crippen LogP contribution in [0.25, 0.3) is 0 Å². The Morgan fingerprint density at radius 1 is 1.38 bits per heavy atom. The van der Waals surface area contributed by atoms with E-state index in [-0.39, 0.29) is 12.1 Å². The van der Waals surface area contributed by atoms with Crippen LogP contribution >= 0.6 is 11.3 Å². The van der Waals surface area contributed by atoms with E-state index in [2.05, 4.69) is 20.5 Å². The van der Waals surface area contributed by atoms with Crippen LogP contribution in [-0.4, -0.2) is 37.3 Å². The molecule has 1 aliphatic heterocycles. The van der Waals surface area contributed by atoms with E-state index in [0.29, 0.717) is 11.4 Å². The Morgan fingerprint density at radius 3 is 2.83 bits per heavy atom. The smallest absolute Gasteiger partial charge is 0.319 e. The molecule has 0 atom stereocenters. The van der Waals surface area contributed by atoms with Gasteiger partial charge in [0.05, 0.1) is 12.8 Å². The van der Waals surface area contributed by atoms with Crippen molar-refractivity contribution in [2.75, 3.05) is 30.4 Å². The number of urea groups is 1. The first-order chi connectivity index (χ1) is 11.7. The minimum absolute atomic E-state index is 0.178. The number of rotatable bonds is 4. The van der Waals surface area contributed by atoms with E-state index in [9.17, 15) is 4.79 Å². The van der Waals surface area contributed by atoms with Gasteiger partial charge in [-0.25, -0.2) is 9.78 Å². The highest BCUT2D eigenvalue weighted by Gasteiger charge is 2.22. The average Bonchev–Trinajstić information content (AvgIpc) is 3.11. The number of hydrogen-bond acceptors (Lipinski definition) is 5. The second-order valence-corrected chi connectivity index (χ2v) is 6.75. The summed E-state index contributed by atoms with van der Waals surface area (Å²) in [4.78, 5) is 18.8. The topological polar surface area (TPSA) is 66.5 Å². The molecule has 0 aliphatic carbocycles. The fraction of sp³-hybridized carbons (Fsp3) is 0.412. The maximum atomic E-state index is 12.2. The van der Waals surface area contributed by atoms with Crippen molar-refractivity contribution in [1.82, 2.24) is 10.3 Å². The van der Waals surface area contributed by atoms with Crippen molar-refractivity contribution in [2.24, 2.45) is 0 Å². The van der Waals surface area contributed by atoms with Crippen LogP contribution in [0.2, 0.25) is 0 Å². The molecule has 0 saturated carbocycles. The fourth-order valence-electron chi connectivity index (χ4n) is 2.83. The lowest BCUT2D eigenvalue weighted by molar-refractivity contribution is 0.246. The third-order valence-electron chi connectivity index (χ3n) is 4.13. The van der Waals surface area contributed by atoms with Crippen LogP contribution in [0.4, 0.5) is 15.6 Å². The number of hydrogen-bond donors (Lipinski definition) is 2. The van der Waals surface area contributed by atoms with Crippen molar-refractivity contribution < 1.29 is 9.53 Å². The molecule has 0 radical (unpaired) electrons. The highest BCUT2D eigenvalue weighted by molar-refractivity contribution is 7.13. The van der Waals surface area contributed by atoms with Gasteiger partial charge in [-0.1, -0.05) is 6.07 Å². The number of nitrogens with one attached hydrogen (secondary N) is 2. The zero-order valence-corrected chi connectivity index (χ0v) is 14.7. The number of aryl methyl sites for hydroxylation is 1. The Hall–Kier alpha value is -2.28. The molecule has 0 spiro atoms. The van der Waals surface area contributed by atoms with Gasteiger partial charge in [-0.05, 0) is 37.5 Å². The second kappa shape index (κ2) is 7.53. The number of anilines is 2. The zero-order chi connectivity index (χ0) is 16.9. The van der Waals surface area contributed by atoms with Crippen molar-refractivity contribution in [2.45, 2.75) is 25.8 Å². The number of nitrogens with zero attached hydrogens (tertiary/aromatic N) is 2. The van der Waals surface area contributed by atoms with E-state index in [0.717, 1.165) is 36.6 Å². The first-order valence-corrected chi connectivity index (χ1v) is 8.90. The highest BCUT2D eigenvalue weighted by Crippen LogP contribution is 2.25. The first-order valence-electron chi connectivity index (χ1n) is 8.02. The Kier molecular flexibility index (Phi) is 5.20. The molecule has 1 aromatic carbocycles. The summed E-state index contributed by atoms with van der Waals surface area (Å²) in [6.07, 6.45) is 3.66. The molecule has 1 aromatic heterocycles. The molecule has 6 nitrogen and oxygen atoms in total. The molecule has 1 saturated heterocycles. The van der Waals surface area contributed by atoms with Crippen molar-refractivity contribution in [3.8, 4) is 5.75 Å². The number of thiazole rings is 1. The van der Waals surface area contributed by atoms with Gasteiger partial charge in [0, 0.05) is 30.7 Å². The van der Waals surface area contributed by atoms with Gasteiger partial charge in [0.15, 0.2) is 5.13 Å². The van der Waals surface area contributed by atoms with Gasteiger partial charge in [0.2, 0.25) is 0 Å². The third kappa shape index (κ3) is 3.97. The highest BCUT2D eigenvalue weighted by atomic mass is 32.1. The summed E-state index contributed by atoms with van der Waals surface area (Å²) < 4.78 is 5.32. The Morgan fingerprint density at radius 2 is 2.17 bits per heavy atom. The minimum Gasteiger partial charge on any atom is -0.495 e. The maximum Gasteiger partial charge on any atom is 0.319 e. The maximum absolute atomic E-state index is 12.2. The molecule has 2 N–H and O–H groups in total. The second-order valence-electron chi connectivity index (χ2n) is 5.88. The fourth-order valence-corrected chi connectivity index (χ4v) is 3.53. The van der Waals surface area contributed by atoms with Crippen molar-refractivity contribution in [1.29, 1.82) is 0 Å². The molecule has 0 unspecified atom stereocenters. The van der Waals surface area contributed by atoms with Crippen LogP contribution in [0.15, 0.2) is 29.8 Å². The number of aromatic nitrogens is 1. The minimum atomic E-state index is -0.190. The molecular formula is C17H22N4O2S. The van der Waals surface area contributed by atoms with Gasteiger partial charge in [0.1, 0.15) is 5.75 Å². The number of piperidine rings is 1. The van der Waals surface area contributed by atoms with Gasteiger partial charge in [-0.15, -0.1) is 11.3 Å². The molecule has 2 aromatic rings. The van der Waals surface area contributed by atoms with E-state index in [1.165, 1.54) is 0 Å². The lowest BCUT2D eigenvalue weighted by Gasteiger charge is -2.32. The SMILES string of the molecule is COc1cc(C)ccc1NC(=O)NC1CCN(c2nccs2)CC1.